The number of carbonyl (C=O) groups is 1. The predicted molar refractivity (Wildman–Crippen MR) is 96.1 cm³/mol. The lowest BCUT2D eigenvalue weighted by atomic mass is 10.0. The van der Waals surface area contributed by atoms with Crippen LogP contribution < -0.4 is 15.4 Å². The van der Waals surface area contributed by atoms with Gasteiger partial charge < -0.3 is 35.2 Å². The Labute approximate surface area is 153 Å². The zero-order valence-electron chi connectivity index (χ0n) is 15.0. The summed E-state index contributed by atoms with van der Waals surface area (Å²) in [5.41, 5.74) is 6.53. The van der Waals surface area contributed by atoms with E-state index in [0.29, 0.717) is 26.2 Å². The summed E-state index contributed by atoms with van der Waals surface area (Å²) in [4.78, 5) is 16.5. The minimum absolute atomic E-state index is 0.0450. The molecule has 2 heterocycles. The molecule has 4 atom stereocenters. The van der Waals surface area contributed by atoms with Crippen LogP contribution in [0.3, 0.4) is 0 Å². The number of benzene rings is 1. The van der Waals surface area contributed by atoms with E-state index in [1.165, 1.54) is 0 Å². The van der Waals surface area contributed by atoms with E-state index in [-0.39, 0.29) is 18.9 Å². The number of aliphatic hydroxyl groups excluding tert-OH is 2. The zero-order chi connectivity index (χ0) is 18.7. The molecule has 144 valence electrons. The fraction of sp³-hybridized carbons (Fsp3) is 0.611. The normalized spacial score (nSPS) is 29.1. The number of methoxy groups -OCH3 is 1. The van der Waals surface area contributed by atoms with Gasteiger partial charge >= 0.3 is 0 Å². The number of para-hydroxylation sites is 2. The van der Waals surface area contributed by atoms with Crippen LogP contribution in [0, 0.1) is 0 Å². The molecule has 2 aliphatic heterocycles. The van der Waals surface area contributed by atoms with Gasteiger partial charge in [0.1, 0.15) is 18.0 Å². The Morgan fingerprint density at radius 3 is 2.46 bits per heavy atom. The van der Waals surface area contributed by atoms with Gasteiger partial charge in [-0.3, -0.25) is 4.79 Å². The molecule has 2 aliphatic rings. The van der Waals surface area contributed by atoms with E-state index in [4.69, 9.17) is 15.2 Å². The quantitative estimate of drug-likeness (QED) is 0.626. The molecule has 2 saturated heterocycles. The highest BCUT2D eigenvalue weighted by Gasteiger charge is 2.43. The van der Waals surface area contributed by atoms with Crippen molar-refractivity contribution in [2.24, 2.45) is 5.73 Å². The maximum Gasteiger partial charge on any atom is 0.225 e. The highest BCUT2D eigenvalue weighted by molar-refractivity contribution is 5.77. The number of carbonyl (C=O) groups excluding carboxylic acids is 1. The van der Waals surface area contributed by atoms with E-state index in [1.54, 1.807) is 12.0 Å². The molecule has 0 radical (unpaired) electrons. The number of aliphatic hydroxyl groups is 2. The molecule has 2 fully saturated rings. The van der Waals surface area contributed by atoms with Crippen molar-refractivity contribution in [1.29, 1.82) is 0 Å². The molecule has 1 aromatic carbocycles. The first-order valence-electron chi connectivity index (χ1n) is 8.92. The van der Waals surface area contributed by atoms with Crippen LogP contribution in [0.15, 0.2) is 24.3 Å². The third-order valence-electron chi connectivity index (χ3n) is 5.13. The van der Waals surface area contributed by atoms with Crippen LogP contribution in [0.4, 0.5) is 5.69 Å². The molecule has 0 spiro atoms. The summed E-state index contributed by atoms with van der Waals surface area (Å²) in [5, 5.41) is 19.9. The average Bonchev–Trinajstić information content (AvgIpc) is 2.95. The Morgan fingerprint density at radius 1 is 1.19 bits per heavy atom. The fourth-order valence-corrected chi connectivity index (χ4v) is 3.58. The molecule has 1 amide bonds. The zero-order valence-corrected chi connectivity index (χ0v) is 15.0. The van der Waals surface area contributed by atoms with Gasteiger partial charge in [-0.15, -0.1) is 0 Å². The van der Waals surface area contributed by atoms with E-state index in [2.05, 4.69) is 4.90 Å². The molecule has 0 aliphatic carbocycles. The lowest BCUT2D eigenvalue weighted by Crippen LogP contribution is -2.50. The summed E-state index contributed by atoms with van der Waals surface area (Å²) in [7, 11) is 1.65. The number of nitrogens with two attached hydrogens (primary N) is 1. The third-order valence-corrected chi connectivity index (χ3v) is 5.13. The van der Waals surface area contributed by atoms with Crippen molar-refractivity contribution in [2.45, 2.75) is 30.8 Å². The van der Waals surface area contributed by atoms with Gasteiger partial charge in [-0.25, -0.2) is 0 Å². The molecule has 26 heavy (non-hydrogen) atoms. The summed E-state index contributed by atoms with van der Waals surface area (Å²) in [5.74, 6) is 0.732. The number of amides is 1. The van der Waals surface area contributed by atoms with Gasteiger partial charge in [0.05, 0.1) is 31.4 Å². The van der Waals surface area contributed by atoms with Gasteiger partial charge in [0, 0.05) is 32.7 Å². The minimum atomic E-state index is -1.08. The number of ether oxygens (including phenoxy) is 2. The van der Waals surface area contributed by atoms with Gasteiger partial charge in [0.2, 0.25) is 5.91 Å². The molecular formula is C18H27N3O5. The van der Waals surface area contributed by atoms with Gasteiger partial charge in [0.15, 0.2) is 0 Å². The molecular weight excluding hydrogens is 338 g/mol. The van der Waals surface area contributed by atoms with Crippen molar-refractivity contribution >= 4 is 11.6 Å². The predicted octanol–water partition coefficient (Wildman–Crippen LogP) is -0.818. The highest BCUT2D eigenvalue weighted by Crippen LogP contribution is 2.29. The summed E-state index contributed by atoms with van der Waals surface area (Å²) >= 11 is 0. The third kappa shape index (κ3) is 3.78. The minimum Gasteiger partial charge on any atom is -0.495 e. The molecule has 0 aromatic heterocycles. The summed E-state index contributed by atoms with van der Waals surface area (Å²) in [6, 6.07) is 7.82. The van der Waals surface area contributed by atoms with E-state index in [1.807, 2.05) is 24.3 Å². The van der Waals surface area contributed by atoms with Crippen LogP contribution in [0.5, 0.6) is 5.75 Å². The molecule has 0 saturated carbocycles. The van der Waals surface area contributed by atoms with Gasteiger partial charge in [-0.2, -0.15) is 0 Å². The fourth-order valence-electron chi connectivity index (χ4n) is 3.58. The second-order valence-electron chi connectivity index (χ2n) is 6.67. The van der Waals surface area contributed by atoms with Gasteiger partial charge in [-0.1, -0.05) is 12.1 Å². The Bertz CT molecular complexity index is 621. The van der Waals surface area contributed by atoms with E-state index in [0.717, 1.165) is 11.4 Å². The average molecular weight is 365 g/mol. The number of hydrogen-bond donors (Lipinski definition) is 3. The van der Waals surface area contributed by atoms with Crippen molar-refractivity contribution in [1.82, 2.24) is 4.90 Å². The van der Waals surface area contributed by atoms with Crippen molar-refractivity contribution in [2.75, 3.05) is 44.7 Å². The van der Waals surface area contributed by atoms with Gasteiger partial charge in [0.25, 0.3) is 0 Å². The van der Waals surface area contributed by atoms with Crippen LogP contribution in [0.1, 0.15) is 6.42 Å². The highest BCUT2D eigenvalue weighted by atomic mass is 16.5. The lowest BCUT2D eigenvalue weighted by Gasteiger charge is -2.37. The lowest BCUT2D eigenvalue weighted by molar-refractivity contribution is -0.135. The number of hydrogen-bond acceptors (Lipinski definition) is 7. The Kier molecular flexibility index (Phi) is 5.98. The van der Waals surface area contributed by atoms with Crippen molar-refractivity contribution in [3.63, 3.8) is 0 Å². The molecule has 8 heteroatoms. The number of nitrogens with zero attached hydrogens (tertiary/aromatic N) is 2. The Hall–Kier alpha value is -1.87. The van der Waals surface area contributed by atoms with Crippen LogP contribution in [0.25, 0.3) is 0 Å². The van der Waals surface area contributed by atoms with Crippen LogP contribution >= 0.6 is 0 Å². The first-order chi connectivity index (χ1) is 12.5. The van der Waals surface area contributed by atoms with Crippen LogP contribution in [-0.4, -0.2) is 85.3 Å². The van der Waals surface area contributed by atoms with Crippen LogP contribution in [0.2, 0.25) is 0 Å². The van der Waals surface area contributed by atoms with E-state index in [9.17, 15) is 15.0 Å². The van der Waals surface area contributed by atoms with Crippen LogP contribution in [-0.2, 0) is 9.53 Å². The first-order valence-corrected chi connectivity index (χ1v) is 8.92. The summed E-state index contributed by atoms with van der Waals surface area (Å²) < 4.78 is 10.9. The van der Waals surface area contributed by atoms with E-state index >= 15 is 0 Å². The molecule has 3 rings (SSSR count). The maximum atomic E-state index is 12.5. The number of anilines is 1. The van der Waals surface area contributed by atoms with Crippen molar-refractivity contribution in [3.8, 4) is 5.75 Å². The Morgan fingerprint density at radius 2 is 1.85 bits per heavy atom. The molecule has 1 aromatic rings. The molecule has 0 unspecified atom stereocenters. The summed E-state index contributed by atoms with van der Waals surface area (Å²) in [6.07, 6.45) is -3.41. The Balaban J connectivity index is 1.54. The SMILES string of the molecule is COc1ccccc1N1CCN(C(=O)C[C@@H]2O[C@H](CN)[C@@H](O)[C@H]2O)CC1. The molecule has 0 bridgehead atoms. The second-order valence-corrected chi connectivity index (χ2v) is 6.67. The second kappa shape index (κ2) is 8.22. The largest absolute Gasteiger partial charge is 0.495 e. The summed E-state index contributed by atoms with van der Waals surface area (Å²) in [6.45, 7) is 2.69. The van der Waals surface area contributed by atoms with Crippen molar-refractivity contribution in [3.05, 3.63) is 24.3 Å². The molecule has 4 N–H and O–H groups in total. The number of rotatable bonds is 5. The monoisotopic (exact) mass is 365 g/mol. The smallest absolute Gasteiger partial charge is 0.225 e. The van der Waals surface area contributed by atoms with Crippen molar-refractivity contribution < 1.29 is 24.5 Å². The van der Waals surface area contributed by atoms with Gasteiger partial charge in [-0.05, 0) is 12.1 Å². The molecule has 8 nitrogen and oxygen atoms in total. The maximum absolute atomic E-state index is 12.5. The number of piperazine rings is 1. The first kappa shape index (κ1) is 18.9. The standard InChI is InChI=1S/C18H27N3O5/c1-25-13-5-3-2-4-12(13)20-6-8-21(9-7-20)16(22)10-14-17(23)18(24)15(11-19)26-14/h2-5,14-15,17-18,23-24H,6-11,19H2,1H3/t14-,15+,17-,18+/m0/s1. The topological polar surface area (TPSA) is 108 Å². The van der Waals surface area contributed by atoms with E-state index < -0.39 is 24.4 Å².